The number of rotatable bonds is 6. The number of nitriles is 1. The minimum atomic E-state index is -0.0283. The molecule has 0 unspecified atom stereocenters. The van der Waals surface area contributed by atoms with Gasteiger partial charge in [-0.25, -0.2) is 0 Å². The van der Waals surface area contributed by atoms with Crippen molar-refractivity contribution in [1.29, 1.82) is 5.26 Å². The molecule has 1 fully saturated rings. The van der Waals surface area contributed by atoms with E-state index in [0.717, 1.165) is 22.0 Å². The summed E-state index contributed by atoms with van der Waals surface area (Å²) in [5.41, 5.74) is 2.78. The summed E-state index contributed by atoms with van der Waals surface area (Å²) in [6, 6.07) is 19.6. The molecular weight excluding hydrogens is 386 g/mol. The summed E-state index contributed by atoms with van der Waals surface area (Å²) in [6.45, 7) is 1.81. The number of piperidine rings is 1. The first-order chi connectivity index (χ1) is 15.2. The number of para-hydroxylation sites is 1. The number of ketones is 1. The Morgan fingerprint density at radius 2 is 1.74 bits per heavy atom. The van der Waals surface area contributed by atoms with E-state index in [1.54, 1.807) is 6.08 Å². The number of Topliss-reactive ketones (excluding diaryl/α,β-unsaturated/α-hetero) is 1. The molecule has 0 aliphatic carbocycles. The Bertz CT molecular complexity index is 1150. The predicted octanol–water partition coefficient (Wildman–Crippen LogP) is 4.69. The van der Waals surface area contributed by atoms with Gasteiger partial charge >= 0.3 is 0 Å². The number of nitrogens with zero attached hydrogens (tertiary/aromatic N) is 3. The quantitative estimate of drug-likeness (QED) is 0.437. The molecule has 2 aromatic carbocycles. The summed E-state index contributed by atoms with van der Waals surface area (Å²) in [6.07, 6.45) is 7.31. The van der Waals surface area contributed by atoms with Gasteiger partial charge in [-0.3, -0.25) is 9.59 Å². The van der Waals surface area contributed by atoms with Crippen LogP contribution in [0, 0.1) is 17.2 Å². The molecule has 0 radical (unpaired) electrons. The zero-order valence-corrected chi connectivity index (χ0v) is 17.4. The third-order valence-corrected chi connectivity index (χ3v) is 5.93. The second-order valence-corrected chi connectivity index (χ2v) is 7.87. The number of carbonyl (C=O) groups is 2. The van der Waals surface area contributed by atoms with Crippen molar-refractivity contribution in [3.05, 3.63) is 78.0 Å². The normalized spacial score (nSPS) is 14.7. The molecule has 1 saturated heterocycles. The highest BCUT2D eigenvalue weighted by Gasteiger charge is 2.27. The summed E-state index contributed by atoms with van der Waals surface area (Å²) in [5.74, 6) is 0.126. The highest BCUT2D eigenvalue weighted by atomic mass is 16.2. The number of fused-ring (bicyclic) bond motifs is 1. The van der Waals surface area contributed by atoms with Crippen LogP contribution in [-0.4, -0.2) is 34.2 Å². The van der Waals surface area contributed by atoms with Crippen LogP contribution in [0.4, 0.5) is 0 Å². The van der Waals surface area contributed by atoms with E-state index in [1.807, 2.05) is 71.8 Å². The monoisotopic (exact) mass is 411 g/mol. The molecule has 0 saturated carbocycles. The first-order valence-corrected chi connectivity index (χ1v) is 10.7. The van der Waals surface area contributed by atoms with Crippen LogP contribution in [-0.2, 0) is 11.3 Å². The zero-order chi connectivity index (χ0) is 21.6. The molecule has 1 aliphatic rings. The number of hydrogen-bond donors (Lipinski definition) is 0. The van der Waals surface area contributed by atoms with Crippen molar-refractivity contribution >= 4 is 28.7 Å². The van der Waals surface area contributed by atoms with Crippen LogP contribution in [0.2, 0.25) is 0 Å². The average Bonchev–Trinajstić information content (AvgIpc) is 3.19. The van der Waals surface area contributed by atoms with Crippen molar-refractivity contribution in [2.45, 2.75) is 25.8 Å². The van der Waals surface area contributed by atoms with Crippen LogP contribution < -0.4 is 0 Å². The molecule has 3 aromatic rings. The summed E-state index contributed by atoms with van der Waals surface area (Å²) >= 11 is 0. The van der Waals surface area contributed by atoms with Crippen molar-refractivity contribution < 1.29 is 9.59 Å². The van der Waals surface area contributed by atoms with Gasteiger partial charge in [0.1, 0.15) is 0 Å². The first kappa shape index (κ1) is 20.6. The molecule has 1 aliphatic heterocycles. The molecule has 5 heteroatoms. The van der Waals surface area contributed by atoms with E-state index >= 15 is 0 Å². The lowest BCUT2D eigenvalue weighted by molar-refractivity contribution is -0.127. The molecule has 0 bridgehead atoms. The second-order valence-electron chi connectivity index (χ2n) is 7.87. The molecule has 1 amide bonds. The third-order valence-electron chi connectivity index (χ3n) is 5.93. The summed E-state index contributed by atoms with van der Waals surface area (Å²) in [7, 11) is 0. The highest BCUT2D eigenvalue weighted by molar-refractivity contribution is 5.99. The van der Waals surface area contributed by atoms with Gasteiger partial charge in [0, 0.05) is 59.9 Å². The standard InChI is InChI=1S/C26H25N3O2/c27-15-6-16-29-19-22(23-9-4-5-10-24(23)29)11-12-25(30)28-17-13-21(14-18-28)26(31)20-7-2-1-3-8-20/h1-5,7-12,19,21H,6,13-14,16-18H2/b12-11+. The maximum atomic E-state index is 12.7. The maximum absolute atomic E-state index is 12.7. The summed E-state index contributed by atoms with van der Waals surface area (Å²) in [4.78, 5) is 27.2. The molecule has 5 nitrogen and oxygen atoms in total. The Labute approximate surface area is 182 Å². The topological polar surface area (TPSA) is 66.1 Å². The highest BCUT2D eigenvalue weighted by Crippen LogP contribution is 2.24. The van der Waals surface area contributed by atoms with Crippen LogP contribution in [0.25, 0.3) is 17.0 Å². The van der Waals surface area contributed by atoms with Crippen molar-refractivity contribution in [3.63, 3.8) is 0 Å². The fourth-order valence-corrected chi connectivity index (χ4v) is 4.23. The lowest BCUT2D eigenvalue weighted by Gasteiger charge is -2.30. The maximum Gasteiger partial charge on any atom is 0.246 e. The van der Waals surface area contributed by atoms with Crippen LogP contribution >= 0.6 is 0 Å². The van der Waals surface area contributed by atoms with E-state index in [4.69, 9.17) is 5.26 Å². The summed E-state index contributed by atoms with van der Waals surface area (Å²) < 4.78 is 2.06. The Kier molecular flexibility index (Phi) is 6.28. The van der Waals surface area contributed by atoms with Gasteiger partial charge in [-0.15, -0.1) is 0 Å². The zero-order valence-electron chi connectivity index (χ0n) is 17.4. The first-order valence-electron chi connectivity index (χ1n) is 10.7. The third kappa shape index (κ3) is 4.59. The van der Waals surface area contributed by atoms with E-state index in [1.165, 1.54) is 0 Å². The number of aromatic nitrogens is 1. The van der Waals surface area contributed by atoms with Crippen molar-refractivity contribution in [1.82, 2.24) is 9.47 Å². The van der Waals surface area contributed by atoms with E-state index < -0.39 is 0 Å². The number of hydrogen-bond acceptors (Lipinski definition) is 3. The second kappa shape index (κ2) is 9.44. The van der Waals surface area contributed by atoms with Crippen molar-refractivity contribution in [2.24, 2.45) is 5.92 Å². The molecule has 0 N–H and O–H groups in total. The Balaban J connectivity index is 1.40. The van der Waals surface area contributed by atoms with Gasteiger partial charge in [0.05, 0.1) is 12.5 Å². The van der Waals surface area contributed by atoms with Gasteiger partial charge < -0.3 is 9.47 Å². The largest absolute Gasteiger partial charge is 0.346 e. The number of carbonyl (C=O) groups excluding carboxylic acids is 2. The van der Waals surface area contributed by atoms with E-state index in [9.17, 15) is 9.59 Å². The van der Waals surface area contributed by atoms with Gasteiger partial charge in [-0.2, -0.15) is 5.26 Å². The molecule has 31 heavy (non-hydrogen) atoms. The lowest BCUT2D eigenvalue weighted by Crippen LogP contribution is -2.39. The fourth-order valence-electron chi connectivity index (χ4n) is 4.23. The van der Waals surface area contributed by atoms with Gasteiger partial charge in [0.25, 0.3) is 0 Å². The predicted molar refractivity (Wildman–Crippen MR) is 121 cm³/mol. The van der Waals surface area contributed by atoms with E-state index in [-0.39, 0.29) is 17.6 Å². The van der Waals surface area contributed by atoms with Crippen LogP contribution in [0.15, 0.2) is 66.9 Å². The lowest BCUT2D eigenvalue weighted by atomic mass is 9.89. The van der Waals surface area contributed by atoms with Crippen molar-refractivity contribution in [2.75, 3.05) is 13.1 Å². The van der Waals surface area contributed by atoms with Gasteiger partial charge in [-0.05, 0) is 25.0 Å². The van der Waals surface area contributed by atoms with E-state index in [0.29, 0.717) is 38.9 Å². The molecule has 1 aromatic heterocycles. The molecule has 0 atom stereocenters. The Morgan fingerprint density at radius 1 is 1.03 bits per heavy atom. The number of benzene rings is 2. The molecule has 4 rings (SSSR count). The average molecular weight is 412 g/mol. The Hall–Kier alpha value is -3.65. The van der Waals surface area contributed by atoms with Crippen molar-refractivity contribution in [3.8, 4) is 6.07 Å². The molecule has 2 heterocycles. The van der Waals surface area contributed by atoms with Gasteiger partial charge in [0.15, 0.2) is 5.78 Å². The van der Waals surface area contributed by atoms with Gasteiger partial charge in [0.2, 0.25) is 5.91 Å². The van der Waals surface area contributed by atoms with Gasteiger partial charge in [-0.1, -0.05) is 48.5 Å². The summed E-state index contributed by atoms with van der Waals surface area (Å²) in [5, 5.41) is 9.96. The van der Waals surface area contributed by atoms with Crippen LogP contribution in [0.3, 0.4) is 0 Å². The van der Waals surface area contributed by atoms with E-state index in [2.05, 4.69) is 10.6 Å². The smallest absolute Gasteiger partial charge is 0.246 e. The Morgan fingerprint density at radius 3 is 2.48 bits per heavy atom. The SMILES string of the molecule is N#CCCn1cc(/C=C/C(=O)N2CCC(C(=O)c3ccccc3)CC2)c2ccccc21. The fraction of sp³-hybridized carbons (Fsp3) is 0.269. The minimum Gasteiger partial charge on any atom is -0.346 e. The number of amides is 1. The molecular formula is C26H25N3O2. The molecule has 156 valence electrons. The van der Waals surface area contributed by atoms with Crippen LogP contribution in [0.5, 0.6) is 0 Å². The van der Waals surface area contributed by atoms with Crippen LogP contribution in [0.1, 0.15) is 35.2 Å². The molecule has 0 spiro atoms. The number of aryl methyl sites for hydroxylation is 1. The minimum absolute atomic E-state index is 0.0199. The number of likely N-dealkylation sites (tertiary alicyclic amines) is 1.